The van der Waals surface area contributed by atoms with Crippen LogP contribution in [-0.4, -0.2) is 6.61 Å². The number of benzene rings is 2. The van der Waals surface area contributed by atoms with Crippen molar-refractivity contribution in [2.45, 2.75) is 32.7 Å². The topological polar surface area (TPSA) is 21.3 Å². The molecular weight excluding hydrogens is 246 g/mol. The molecule has 2 aromatic rings. The van der Waals surface area contributed by atoms with Crippen molar-refractivity contribution in [2.24, 2.45) is 0 Å². The normalized spacial score (nSPS) is 13.1. The fourth-order valence-electron chi connectivity index (χ4n) is 2.77. The number of aryl methyl sites for hydroxylation is 2. The van der Waals surface area contributed by atoms with Crippen LogP contribution in [0.3, 0.4) is 0 Å². The van der Waals surface area contributed by atoms with Gasteiger partial charge in [-0.3, -0.25) is 0 Å². The lowest BCUT2D eigenvalue weighted by Crippen LogP contribution is -2.00. The molecule has 2 heteroatoms. The SMILES string of the molecule is CCOc1ccc(NCc2ccc3c(c2)CCC3)cc1. The Kier molecular flexibility index (Phi) is 3.91. The Balaban J connectivity index is 1.61. The Morgan fingerprint density at radius 2 is 1.80 bits per heavy atom. The van der Waals surface area contributed by atoms with Crippen LogP contribution in [0.25, 0.3) is 0 Å². The minimum Gasteiger partial charge on any atom is -0.494 e. The van der Waals surface area contributed by atoms with Crippen molar-refractivity contribution >= 4 is 5.69 Å². The van der Waals surface area contributed by atoms with Crippen LogP contribution in [0.15, 0.2) is 42.5 Å². The third kappa shape index (κ3) is 2.96. The highest BCUT2D eigenvalue weighted by Crippen LogP contribution is 2.23. The van der Waals surface area contributed by atoms with Crippen molar-refractivity contribution < 1.29 is 4.74 Å². The molecule has 0 amide bonds. The summed E-state index contributed by atoms with van der Waals surface area (Å²) >= 11 is 0. The molecule has 0 saturated carbocycles. The zero-order valence-electron chi connectivity index (χ0n) is 12.0. The van der Waals surface area contributed by atoms with E-state index >= 15 is 0 Å². The van der Waals surface area contributed by atoms with E-state index in [0.29, 0.717) is 6.61 Å². The van der Waals surface area contributed by atoms with E-state index in [4.69, 9.17) is 4.74 Å². The third-order valence-electron chi connectivity index (χ3n) is 3.82. The molecule has 1 aliphatic carbocycles. The standard InChI is InChI=1S/C18H21NO/c1-2-20-18-10-8-17(9-11-18)19-13-14-6-7-15-4-3-5-16(15)12-14/h6-12,19H,2-5,13H2,1H3. The fourth-order valence-corrected chi connectivity index (χ4v) is 2.77. The molecule has 0 saturated heterocycles. The lowest BCUT2D eigenvalue weighted by molar-refractivity contribution is 0.340. The van der Waals surface area contributed by atoms with Gasteiger partial charge in [-0.2, -0.15) is 0 Å². The number of hydrogen-bond donors (Lipinski definition) is 1. The second-order valence-corrected chi connectivity index (χ2v) is 5.27. The molecule has 1 aliphatic rings. The van der Waals surface area contributed by atoms with Crippen molar-refractivity contribution in [2.75, 3.05) is 11.9 Å². The molecule has 0 radical (unpaired) electrons. The van der Waals surface area contributed by atoms with E-state index < -0.39 is 0 Å². The van der Waals surface area contributed by atoms with Crippen LogP contribution >= 0.6 is 0 Å². The summed E-state index contributed by atoms with van der Waals surface area (Å²) < 4.78 is 5.45. The highest BCUT2D eigenvalue weighted by molar-refractivity contribution is 5.47. The van der Waals surface area contributed by atoms with Gasteiger partial charge in [0.25, 0.3) is 0 Å². The summed E-state index contributed by atoms with van der Waals surface area (Å²) in [6, 6.07) is 15.0. The summed E-state index contributed by atoms with van der Waals surface area (Å²) in [7, 11) is 0. The predicted molar refractivity (Wildman–Crippen MR) is 83.4 cm³/mol. The van der Waals surface area contributed by atoms with E-state index in [0.717, 1.165) is 18.0 Å². The highest BCUT2D eigenvalue weighted by atomic mass is 16.5. The van der Waals surface area contributed by atoms with E-state index in [9.17, 15) is 0 Å². The van der Waals surface area contributed by atoms with E-state index in [1.807, 2.05) is 19.1 Å². The molecule has 0 spiro atoms. The van der Waals surface area contributed by atoms with Gasteiger partial charge in [0, 0.05) is 12.2 Å². The number of fused-ring (bicyclic) bond motifs is 1. The first-order chi connectivity index (χ1) is 9.85. The molecule has 0 atom stereocenters. The van der Waals surface area contributed by atoms with Gasteiger partial charge in [0.05, 0.1) is 6.61 Å². The van der Waals surface area contributed by atoms with Gasteiger partial charge < -0.3 is 10.1 Å². The summed E-state index contributed by atoms with van der Waals surface area (Å²) in [4.78, 5) is 0. The smallest absolute Gasteiger partial charge is 0.119 e. The second-order valence-electron chi connectivity index (χ2n) is 5.27. The summed E-state index contributed by atoms with van der Waals surface area (Å²) in [6.07, 6.45) is 3.80. The van der Waals surface area contributed by atoms with Crippen molar-refractivity contribution in [3.05, 3.63) is 59.2 Å². The zero-order valence-corrected chi connectivity index (χ0v) is 12.0. The average Bonchev–Trinajstić information content (AvgIpc) is 2.94. The molecule has 20 heavy (non-hydrogen) atoms. The summed E-state index contributed by atoms with van der Waals surface area (Å²) in [5, 5.41) is 3.47. The van der Waals surface area contributed by atoms with Crippen LogP contribution in [0.5, 0.6) is 5.75 Å². The Morgan fingerprint density at radius 3 is 2.60 bits per heavy atom. The first-order valence-electron chi connectivity index (χ1n) is 7.42. The van der Waals surface area contributed by atoms with E-state index in [-0.39, 0.29) is 0 Å². The Labute approximate surface area is 120 Å². The molecule has 3 rings (SSSR count). The fraction of sp³-hybridized carbons (Fsp3) is 0.333. The second kappa shape index (κ2) is 6.00. The van der Waals surface area contributed by atoms with Crippen LogP contribution < -0.4 is 10.1 Å². The molecule has 2 nitrogen and oxygen atoms in total. The molecule has 0 fully saturated rings. The summed E-state index contributed by atoms with van der Waals surface area (Å²) in [5.74, 6) is 0.926. The summed E-state index contributed by atoms with van der Waals surface area (Å²) in [5.41, 5.74) is 5.57. The first kappa shape index (κ1) is 13.0. The van der Waals surface area contributed by atoms with Gasteiger partial charge in [-0.15, -0.1) is 0 Å². The van der Waals surface area contributed by atoms with Gasteiger partial charge in [-0.1, -0.05) is 18.2 Å². The van der Waals surface area contributed by atoms with Gasteiger partial charge >= 0.3 is 0 Å². The van der Waals surface area contributed by atoms with Crippen LogP contribution in [-0.2, 0) is 19.4 Å². The third-order valence-corrected chi connectivity index (χ3v) is 3.82. The number of anilines is 1. The summed E-state index contributed by atoms with van der Waals surface area (Å²) in [6.45, 7) is 3.59. The van der Waals surface area contributed by atoms with Crippen LogP contribution in [0.2, 0.25) is 0 Å². The maximum Gasteiger partial charge on any atom is 0.119 e. The van der Waals surface area contributed by atoms with Crippen molar-refractivity contribution in [3.63, 3.8) is 0 Å². The zero-order chi connectivity index (χ0) is 13.8. The van der Waals surface area contributed by atoms with Crippen molar-refractivity contribution in [1.29, 1.82) is 0 Å². The Morgan fingerprint density at radius 1 is 1.00 bits per heavy atom. The number of nitrogens with one attached hydrogen (secondary N) is 1. The number of rotatable bonds is 5. The number of ether oxygens (including phenoxy) is 1. The van der Waals surface area contributed by atoms with Crippen LogP contribution in [0, 0.1) is 0 Å². The Hall–Kier alpha value is -1.96. The average molecular weight is 267 g/mol. The molecule has 2 aromatic carbocycles. The highest BCUT2D eigenvalue weighted by Gasteiger charge is 2.10. The minimum absolute atomic E-state index is 0.710. The van der Waals surface area contributed by atoms with Crippen LogP contribution in [0.4, 0.5) is 5.69 Å². The van der Waals surface area contributed by atoms with Gasteiger partial charge in [-0.25, -0.2) is 0 Å². The predicted octanol–water partition coefficient (Wildman–Crippen LogP) is 4.19. The lowest BCUT2D eigenvalue weighted by Gasteiger charge is -2.09. The monoisotopic (exact) mass is 267 g/mol. The van der Waals surface area contributed by atoms with Crippen molar-refractivity contribution in [1.82, 2.24) is 0 Å². The van der Waals surface area contributed by atoms with E-state index in [1.165, 1.54) is 36.0 Å². The molecule has 0 aromatic heterocycles. The molecule has 0 unspecified atom stereocenters. The van der Waals surface area contributed by atoms with Gasteiger partial charge in [-0.05, 0) is 67.1 Å². The maximum atomic E-state index is 5.45. The molecule has 1 N–H and O–H groups in total. The van der Waals surface area contributed by atoms with Gasteiger partial charge in [0.1, 0.15) is 5.75 Å². The van der Waals surface area contributed by atoms with Crippen molar-refractivity contribution in [3.8, 4) is 5.75 Å². The largest absolute Gasteiger partial charge is 0.494 e. The minimum atomic E-state index is 0.710. The number of hydrogen-bond acceptors (Lipinski definition) is 2. The van der Waals surface area contributed by atoms with E-state index in [2.05, 4.69) is 35.6 Å². The molecule has 0 heterocycles. The lowest BCUT2D eigenvalue weighted by atomic mass is 10.1. The quantitative estimate of drug-likeness (QED) is 0.877. The first-order valence-corrected chi connectivity index (χ1v) is 7.42. The molecular formula is C18H21NO. The molecule has 0 aliphatic heterocycles. The van der Waals surface area contributed by atoms with E-state index in [1.54, 1.807) is 0 Å². The maximum absolute atomic E-state index is 5.45. The Bertz CT molecular complexity index is 574. The van der Waals surface area contributed by atoms with Gasteiger partial charge in [0.2, 0.25) is 0 Å². The molecule has 0 bridgehead atoms. The molecule has 104 valence electrons. The van der Waals surface area contributed by atoms with Crippen LogP contribution in [0.1, 0.15) is 30.0 Å². The van der Waals surface area contributed by atoms with Gasteiger partial charge in [0.15, 0.2) is 0 Å².